The van der Waals surface area contributed by atoms with E-state index in [-0.39, 0.29) is 5.91 Å². The molecule has 0 heterocycles. The number of anilines is 1. The maximum Gasteiger partial charge on any atom is 0.252 e. The zero-order valence-corrected chi connectivity index (χ0v) is 13.2. The van der Waals surface area contributed by atoms with Gasteiger partial charge in [-0.3, -0.25) is 4.79 Å². The van der Waals surface area contributed by atoms with Crippen LogP contribution in [0.4, 0.5) is 5.69 Å². The molecule has 4 heteroatoms. The Labute approximate surface area is 131 Å². The topological polar surface area (TPSA) is 49.8 Å². The minimum absolute atomic E-state index is 0.348. The van der Waals surface area contributed by atoms with E-state index in [1.165, 1.54) is 4.90 Å². The van der Waals surface area contributed by atoms with Gasteiger partial charge in [0.2, 0.25) is 0 Å². The van der Waals surface area contributed by atoms with Gasteiger partial charge in [-0.2, -0.15) is 0 Å². The molecule has 0 aliphatic heterocycles. The third kappa shape index (κ3) is 3.65. The molecular weight excluding hydrogens is 278 g/mol. The summed E-state index contributed by atoms with van der Waals surface area (Å²) >= 11 is 0. The average Bonchev–Trinajstić information content (AvgIpc) is 2.54. The van der Waals surface area contributed by atoms with Crippen LogP contribution in [0.15, 0.2) is 42.5 Å². The number of rotatable bonds is 5. The summed E-state index contributed by atoms with van der Waals surface area (Å²) in [6, 6.07) is 13.6. The van der Waals surface area contributed by atoms with Crippen molar-refractivity contribution in [2.24, 2.45) is 0 Å². The van der Waals surface area contributed by atoms with E-state index in [1.54, 1.807) is 7.05 Å². The van der Waals surface area contributed by atoms with E-state index in [4.69, 9.17) is 9.84 Å². The van der Waals surface area contributed by atoms with E-state index >= 15 is 0 Å². The summed E-state index contributed by atoms with van der Waals surface area (Å²) in [6.45, 7) is 3.88. The van der Waals surface area contributed by atoms with Crippen LogP contribution in [0.25, 0.3) is 0 Å². The zero-order chi connectivity index (χ0) is 16.1. The number of aliphatic hydroxyl groups excluding tert-OH is 1. The molecule has 0 fully saturated rings. The Morgan fingerprint density at radius 3 is 2.64 bits per heavy atom. The average molecular weight is 299 g/mol. The van der Waals surface area contributed by atoms with Gasteiger partial charge in [-0.05, 0) is 37.1 Å². The van der Waals surface area contributed by atoms with E-state index in [1.807, 2.05) is 56.3 Å². The Hall–Kier alpha value is -2.33. The summed E-state index contributed by atoms with van der Waals surface area (Å²) in [5.41, 5.74) is 3.85. The molecule has 0 saturated carbocycles. The molecular formula is C18H21NO3. The molecule has 116 valence electrons. The molecule has 0 unspecified atom stereocenters. The van der Waals surface area contributed by atoms with Crippen LogP contribution in [-0.4, -0.2) is 24.7 Å². The fraction of sp³-hybridized carbons (Fsp3) is 0.278. The molecule has 0 atom stereocenters. The van der Waals surface area contributed by atoms with Crippen LogP contribution in [-0.2, 0) is 11.4 Å². The molecule has 0 radical (unpaired) electrons. The molecule has 0 aromatic heterocycles. The number of aliphatic hydroxyl groups is 1. The van der Waals surface area contributed by atoms with E-state index in [2.05, 4.69) is 0 Å². The minimum atomic E-state index is -0.511. The number of para-hydroxylation sites is 1. The molecule has 0 aliphatic rings. The molecule has 0 bridgehead atoms. The summed E-state index contributed by atoms with van der Waals surface area (Å²) in [6.07, 6.45) is 0. The van der Waals surface area contributed by atoms with Crippen LogP contribution in [0.3, 0.4) is 0 Å². The first-order valence-corrected chi connectivity index (χ1v) is 7.18. The van der Waals surface area contributed by atoms with Crippen LogP contribution in [0.2, 0.25) is 0 Å². The molecule has 22 heavy (non-hydrogen) atoms. The Balaban J connectivity index is 2.20. The van der Waals surface area contributed by atoms with E-state index in [9.17, 15) is 4.79 Å². The second-order valence-electron chi connectivity index (χ2n) is 5.30. The highest BCUT2D eigenvalue weighted by Gasteiger charge is 2.13. The molecule has 0 spiro atoms. The van der Waals surface area contributed by atoms with Gasteiger partial charge in [0.15, 0.2) is 0 Å². The largest absolute Gasteiger partial charge is 0.489 e. The molecule has 0 saturated heterocycles. The van der Waals surface area contributed by atoms with Crippen LogP contribution >= 0.6 is 0 Å². The highest BCUT2D eigenvalue weighted by molar-refractivity contribution is 5.94. The maximum atomic E-state index is 11.7. The first-order chi connectivity index (χ1) is 10.5. The van der Waals surface area contributed by atoms with Crippen molar-refractivity contribution in [3.8, 4) is 5.75 Å². The van der Waals surface area contributed by atoms with Crippen LogP contribution in [0, 0.1) is 13.8 Å². The second kappa shape index (κ2) is 7.09. The van der Waals surface area contributed by atoms with Crippen molar-refractivity contribution < 1.29 is 14.6 Å². The minimum Gasteiger partial charge on any atom is -0.489 e. The molecule has 0 aliphatic carbocycles. The lowest BCUT2D eigenvalue weighted by molar-refractivity contribution is -0.120. The number of aryl methyl sites for hydroxylation is 2. The lowest BCUT2D eigenvalue weighted by Crippen LogP contribution is -2.29. The maximum absolute atomic E-state index is 11.7. The number of carbonyl (C=O) groups is 1. The number of ether oxygens (including phenoxy) is 1. The lowest BCUT2D eigenvalue weighted by atomic mass is 10.1. The Kier molecular flexibility index (Phi) is 5.17. The Morgan fingerprint density at radius 2 is 1.91 bits per heavy atom. The second-order valence-corrected chi connectivity index (χ2v) is 5.30. The van der Waals surface area contributed by atoms with Crippen molar-refractivity contribution in [2.45, 2.75) is 20.5 Å². The van der Waals surface area contributed by atoms with Crippen LogP contribution in [0.5, 0.6) is 5.75 Å². The number of hydrogen-bond donors (Lipinski definition) is 1. The highest BCUT2D eigenvalue weighted by atomic mass is 16.5. The Morgan fingerprint density at radius 1 is 1.18 bits per heavy atom. The standard InChI is InChI=1S/C18H21NO3/c1-13-8-9-14(2)17(10-13)22-12-15-6-4-5-7-16(15)19(3)18(21)11-20/h4-10,20H,11-12H2,1-3H3. The van der Waals surface area contributed by atoms with Crippen molar-refractivity contribution >= 4 is 11.6 Å². The summed E-state index contributed by atoms with van der Waals surface area (Å²) in [4.78, 5) is 13.1. The van der Waals surface area contributed by atoms with Crippen molar-refractivity contribution in [1.82, 2.24) is 0 Å². The van der Waals surface area contributed by atoms with Crippen molar-refractivity contribution in [3.63, 3.8) is 0 Å². The van der Waals surface area contributed by atoms with Crippen molar-refractivity contribution in [3.05, 3.63) is 59.2 Å². The van der Waals surface area contributed by atoms with Gasteiger partial charge in [-0.1, -0.05) is 30.3 Å². The molecule has 4 nitrogen and oxygen atoms in total. The van der Waals surface area contributed by atoms with Gasteiger partial charge in [-0.15, -0.1) is 0 Å². The predicted molar refractivity (Wildman–Crippen MR) is 87.2 cm³/mol. The first-order valence-electron chi connectivity index (χ1n) is 7.18. The fourth-order valence-electron chi connectivity index (χ4n) is 2.22. The number of likely N-dealkylation sites (N-methyl/N-ethyl adjacent to an activating group) is 1. The van der Waals surface area contributed by atoms with Crippen LogP contribution in [0.1, 0.15) is 16.7 Å². The van der Waals surface area contributed by atoms with Gasteiger partial charge in [-0.25, -0.2) is 0 Å². The monoisotopic (exact) mass is 299 g/mol. The van der Waals surface area contributed by atoms with Gasteiger partial charge in [0, 0.05) is 18.3 Å². The van der Waals surface area contributed by atoms with Gasteiger partial charge in [0.25, 0.3) is 5.91 Å². The third-order valence-electron chi connectivity index (χ3n) is 3.59. The summed E-state index contributed by atoms with van der Waals surface area (Å²) < 4.78 is 5.91. The van der Waals surface area contributed by atoms with Crippen molar-refractivity contribution in [2.75, 3.05) is 18.6 Å². The number of hydrogen-bond acceptors (Lipinski definition) is 3. The first kappa shape index (κ1) is 16.0. The smallest absolute Gasteiger partial charge is 0.252 e. The molecule has 1 N–H and O–H groups in total. The van der Waals surface area contributed by atoms with Gasteiger partial charge in [0.1, 0.15) is 19.0 Å². The number of amides is 1. The van der Waals surface area contributed by atoms with Gasteiger partial charge in [0.05, 0.1) is 0 Å². The summed E-state index contributed by atoms with van der Waals surface area (Å²) in [7, 11) is 1.65. The fourth-order valence-corrected chi connectivity index (χ4v) is 2.22. The normalized spacial score (nSPS) is 10.4. The molecule has 2 aromatic carbocycles. The Bertz CT molecular complexity index is 667. The third-order valence-corrected chi connectivity index (χ3v) is 3.59. The zero-order valence-electron chi connectivity index (χ0n) is 13.2. The van der Waals surface area contributed by atoms with E-state index < -0.39 is 6.61 Å². The molecule has 2 aromatic rings. The van der Waals surface area contributed by atoms with E-state index in [0.717, 1.165) is 28.1 Å². The van der Waals surface area contributed by atoms with Crippen molar-refractivity contribution in [1.29, 1.82) is 0 Å². The van der Waals surface area contributed by atoms with E-state index in [0.29, 0.717) is 6.61 Å². The SMILES string of the molecule is Cc1ccc(C)c(OCc2ccccc2N(C)C(=O)CO)c1. The summed E-state index contributed by atoms with van der Waals surface area (Å²) in [5, 5.41) is 9.01. The highest BCUT2D eigenvalue weighted by Crippen LogP contribution is 2.24. The van der Waals surface area contributed by atoms with Crippen LogP contribution < -0.4 is 9.64 Å². The number of nitrogens with zero attached hydrogens (tertiary/aromatic N) is 1. The quantitative estimate of drug-likeness (QED) is 0.923. The number of benzene rings is 2. The summed E-state index contributed by atoms with van der Waals surface area (Å²) in [5.74, 6) is 0.491. The number of carbonyl (C=O) groups excluding carboxylic acids is 1. The predicted octanol–water partition coefficient (Wildman–Crippen LogP) is 2.84. The molecule has 1 amide bonds. The molecule has 2 rings (SSSR count). The van der Waals surface area contributed by atoms with Gasteiger partial charge >= 0.3 is 0 Å². The van der Waals surface area contributed by atoms with Gasteiger partial charge < -0.3 is 14.7 Å². The lowest BCUT2D eigenvalue weighted by Gasteiger charge is -2.20.